The molecule has 4 saturated carbocycles. The van der Waals surface area contributed by atoms with Gasteiger partial charge in [0, 0.05) is 24.2 Å². The van der Waals surface area contributed by atoms with E-state index in [-0.39, 0.29) is 25.0 Å². The van der Waals surface area contributed by atoms with Crippen LogP contribution in [-0.4, -0.2) is 59.0 Å². The van der Waals surface area contributed by atoms with Crippen molar-refractivity contribution in [2.24, 2.45) is 0 Å². The zero-order valence-corrected chi connectivity index (χ0v) is 24.7. The first kappa shape index (κ1) is 29.3. The van der Waals surface area contributed by atoms with Crippen molar-refractivity contribution in [1.29, 1.82) is 0 Å². The van der Waals surface area contributed by atoms with E-state index < -0.39 is 0 Å². The summed E-state index contributed by atoms with van der Waals surface area (Å²) in [5.74, 6) is 1.31. The number of carbonyl (C=O) groups excluding carboxylic acids is 2. The van der Waals surface area contributed by atoms with E-state index in [0.717, 1.165) is 51.4 Å². The second-order valence-corrected chi connectivity index (χ2v) is 12.8. The Balaban J connectivity index is 1.21. The van der Waals surface area contributed by atoms with E-state index in [1.54, 1.807) is 0 Å². The fraction of sp³-hybridized carbons (Fsp3) is 0.765. The van der Waals surface area contributed by atoms with Crippen molar-refractivity contribution in [1.82, 2.24) is 9.80 Å². The maximum absolute atomic E-state index is 13.6. The van der Waals surface area contributed by atoms with Crippen LogP contribution in [0.1, 0.15) is 128 Å². The summed E-state index contributed by atoms with van der Waals surface area (Å²) in [6.45, 7) is 0.0508. The van der Waals surface area contributed by atoms with Gasteiger partial charge in [0.25, 0.3) is 11.8 Å². The predicted octanol–water partition coefficient (Wildman–Crippen LogP) is 7.43. The predicted molar refractivity (Wildman–Crippen MR) is 159 cm³/mol. The normalized spacial score (nSPS) is 22.0. The topological polar surface area (TPSA) is 59.1 Å². The van der Waals surface area contributed by atoms with E-state index in [1.165, 1.54) is 77.0 Å². The first-order valence-corrected chi connectivity index (χ1v) is 16.7. The number of hydrogen-bond donors (Lipinski definition) is 0. The van der Waals surface area contributed by atoms with Gasteiger partial charge in [0.05, 0.1) is 0 Å². The second-order valence-electron chi connectivity index (χ2n) is 12.8. The number of nitrogens with zero attached hydrogens (tertiary/aromatic N) is 2. The van der Waals surface area contributed by atoms with Crippen LogP contribution in [0.5, 0.6) is 11.5 Å². The van der Waals surface area contributed by atoms with Gasteiger partial charge in [-0.3, -0.25) is 9.59 Å². The highest BCUT2D eigenvalue weighted by Gasteiger charge is 2.34. The van der Waals surface area contributed by atoms with Crippen molar-refractivity contribution in [2.75, 3.05) is 13.2 Å². The highest BCUT2D eigenvalue weighted by Crippen LogP contribution is 2.33. The van der Waals surface area contributed by atoms with Crippen LogP contribution < -0.4 is 9.47 Å². The van der Waals surface area contributed by atoms with E-state index in [9.17, 15) is 9.59 Å². The smallest absolute Gasteiger partial charge is 0.261 e. The zero-order valence-electron chi connectivity index (χ0n) is 24.7. The molecule has 1 aromatic rings. The molecular weight excluding hydrogens is 500 g/mol. The molecule has 0 saturated heterocycles. The lowest BCUT2D eigenvalue weighted by Gasteiger charge is -2.42. The molecular formula is C34H52N2O4. The van der Waals surface area contributed by atoms with Crippen LogP contribution in [0.2, 0.25) is 0 Å². The second kappa shape index (κ2) is 15.1. The molecule has 0 N–H and O–H groups in total. The largest absolute Gasteiger partial charge is 0.480 e. The van der Waals surface area contributed by atoms with Crippen molar-refractivity contribution in [3.63, 3.8) is 0 Å². The van der Waals surface area contributed by atoms with Crippen LogP contribution >= 0.6 is 0 Å². The van der Waals surface area contributed by atoms with E-state index in [1.807, 2.05) is 24.3 Å². The van der Waals surface area contributed by atoms with E-state index in [0.29, 0.717) is 35.7 Å². The third kappa shape index (κ3) is 7.73. The molecule has 1 aromatic carbocycles. The minimum Gasteiger partial charge on any atom is -0.480 e. The quantitative estimate of drug-likeness (QED) is 0.303. The minimum atomic E-state index is 0.0254. The number of amides is 2. The average molecular weight is 553 g/mol. The van der Waals surface area contributed by atoms with Crippen LogP contribution in [0.4, 0.5) is 0 Å². The lowest BCUT2D eigenvalue weighted by atomic mass is 9.88. The van der Waals surface area contributed by atoms with Gasteiger partial charge >= 0.3 is 0 Å². The highest BCUT2D eigenvalue weighted by molar-refractivity contribution is 5.79. The van der Waals surface area contributed by atoms with Gasteiger partial charge < -0.3 is 19.3 Å². The molecule has 0 heterocycles. The van der Waals surface area contributed by atoms with E-state index >= 15 is 0 Å². The molecule has 4 aliphatic carbocycles. The average Bonchev–Trinajstić information content (AvgIpc) is 3.02. The molecule has 0 bridgehead atoms. The van der Waals surface area contributed by atoms with Gasteiger partial charge in [0.2, 0.25) is 0 Å². The van der Waals surface area contributed by atoms with Crippen molar-refractivity contribution in [2.45, 2.75) is 153 Å². The number of carbonyl (C=O) groups is 2. The Morgan fingerprint density at radius 1 is 0.500 bits per heavy atom. The monoisotopic (exact) mass is 552 g/mol. The summed E-state index contributed by atoms with van der Waals surface area (Å²) in [4.78, 5) is 31.7. The third-order valence-corrected chi connectivity index (χ3v) is 10.00. The van der Waals surface area contributed by atoms with E-state index in [2.05, 4.69) is 9.80 Å². The van der Waals surface area contributed by atoms with Gasteiger partial charge in [0.15, 0.2) is 24.7 Å². The third-order valence-electron chi connectivity index (χ3n) is 10.00. The first-order valence-electron chi connectivity index (χ1n) is 16.7. The molecule has 4 fully saturated rings. The summed E-state index contributed by atoms with van der Waals surface area (Å²) in [7, 11) is 0. The Bertz CT molecular complexity index is 817. The molecule has 0 atom stereocenters. The maximum atomic E-state index is 13.6. The number of rotatable bonds is 10. The van der Waals surface area contributed by atoms with E-state index in [4.69, 9.17) is 9.47 Å². The molecule has 6 nitrogen and oxygen atoms in total. The fourth-order valence-corrected chi connectivity index (χ4v) is 7.96. The summed E-state index contributed by atoms with van der Waals surface area (Å²) in [5.41, 5.74) is 0. The number of para-hydroxylation sites is 2. The number of ether oxygens (including phenoxy) is 2. The summed E-state index contributed by atoms with van der Waals surface area (Å²) >= 11 is 0. The zero-order chi connectivity index (χ0) is 27.6. The molecule has 2 amide bonds. The molecule has 6 heteroatoms. The fourth-order valence-electron chi connectivity index (χ4n) is 7.96. The Kier molecular flexibility index (Phi) is 11.1. The standard InChI is InChI=1S/C34H52N2O4/c37-33(35(27-15-5-1-6-16-27)28-17-7-2-8-18-28)25-39-31-23-13-14-24-32(31)40-26-34(38)36(29-19-9-3-10-20-29)30-21-11-4-12-22-30/h13-14,23-24,27-30H,1-12,15-22,25-26H2. The van der Waals surface area contributed by atoms with Gasteiger partial charge in [-0.25, -0.2) is 0 Å². The van der Waals surface area contributed by atoms with Crippen molar-refractivity contribution < 1.29 is 19.1 Å². The van der Waals surface area contributed by atoms with Crippen LogP contribution in [-0.2, 0) is 9.59 Å². The van der Waals surface area contributed by atoms with Gasteiger partial charge in [0.1, 0.15) is 0 Å². The number of benzene rings is 1. The summed E-state index contributed by atoms with van der Waals surface area (Å²) < 4.78 is 12.3. The Morgan fingerprint density at radius 3 is 1.05 bits per heavy atom. The van der Waals surface area contributed by atoms with Crippen LogP contribution in [0, 0.1) is 0 Å². The minimum absolute atomic E-state index is 0.0254. The Hall–Kier alpha value is -2.24. The van der Waals surface area contributed by atoms with Crippen LogP contribution in [0.25, 0.3) is 0 Å². The highest BCUT2D eigenvalue weighted by atomic mass is 16.5. The van der Waals surface area contributed by atoms with Crippen molar-refractivity contribution in [3.8, 4) is 11.5 Å². The molecule has 0 spiro atoms. The van der Waals surface area contributed by atoms with Gasteiger partial charge in [-0.15, -0.1) is 0 Å². The SMILES string of the molecule is O=C(COc1ccccc1OCC(=O)N(C1CCCCC1)C1CCCCC1)N(C1CCCCC1)C1CCCCC1. The molecule has 4 aliphatic rings. The van der Waals surface area contributed by atoms with Crippen LogP contribution in [0.3, 0.4) is 0 Å². The molecule has 0 aliphatic heterocycles. The lowest BCUT2D eigenvalue weighted by molar-refractivity contribution is -0.141. The molecule has 5 rings (SSSR count). The van der Waals surface area contributed by atoms with Gasteiger partial charge in [-0.1, -0.05) is 89.2 Å². The summed E-state index contributed by atoms with van der Waals surface area (Å²) in [5, 5.41) is 0. The summed E-state index contributed by atoms with van der Waals surface area (Å²) in [6.07, 6.45) is 23.7. The number of hydrogen-bond acceptors (Lipinski definition) is 4. The Morgan fingerprint density at radius 2 is 0.775 bits per heavy atom. The molecule has 222 valence electrons. The summed E-state index contributed by atoms with van der Waals surface area (Å²) in [6, 6.07) is 8.93. The lowest BCUT2D eigenvalue weighted by Crippen LogP contribution is -2.50. The van der Waals surface area contributed by atoms with Gasteiger partial charge in [-0.2, -0.15) is 0 Å². The van der Waals surface area contributed by atoms with Gasteiger partial charge in [-0.05, 0) is 63.5 Å². The Labute approximate surface area is 242 Å². The molecule has 40 heavy (non-hydrogen) atoms. The maximum Gasteiger partial charge on any atom is 0.261 e. The van der Waals surface area contributed by atoms with Crippen LogP contribution in [0.15, 0.2) is 24.3 Å². The molecule has 0 unspecified atom stereocenters. The first-order chi connectivity index (χ1) is 19.7. The molecule has 0 radical (unpaired) electrons. The molecule has 0 aromatic heterocycles. The van der Waals surface area contributed by atoms with Crippen molar-refractivity contribution in [3.05, 3.63) is 24.3 Å². The van der Waals surface area contributed by atoms with Crippen molar-refractivity contribution >= 4 is 11.8 Å².